The van der Waals surface area contributed by atoms with E-state index in [2.05, 4.69) is 41.4 Å². The number of nitrogens with zero attached hydrogens (tertiary/aromatic N) is 2. The van der Waals surface area contributed by atoms with Gasteiger partial charge in [-0.1, -0.05) is 6.07 Å². The number of thiocarbonyl (C=S) groups is 1. The molecule has 3 aromatic rings. The van der Waals surface area contributed by atoms with E-state index in [0.29, 0.717) is 5.11 Å². The number of anilines is 1. The molecule has 5 heteroatoms. The lowest BCUT2D eigenvalue weighted by molar-refractivity contribution is 0.515. The topological polar surface area (TPSA) is 49.8 Å². The van der Waals surface area contributed by atoms with E-state index in [1.165, 1.54) is 0 Å². The second-order valence-corrected chi connectivity index (χ2v) is 6.64. The molecule has 0 unspecified atom stereocenters. The lowest BCUT2D eigenvalue weighted by atomic mass is 10.1. The van der Waals surface area contributed by atoms with Gasteiger partial charge in [-0.15, -0.1) is 0 Å². The molecule has 0 spiro atoms. The molecule has 2 aromatic heterocycles. The summed E-state index contributed by atoms with van der Waals surface area (Å²) in [5, 5.41) is 9.18. The predicted molar refractivity (Wildman–Crippen MR) is 96.2 cm³/mol. The third-order valence-electron chi connectivity index (χ3n) is 3.19. The van der Waals surface area contributed by atoms with E-state index in [1.54, 1.807) is 12.4 Å². The third kappa shape index (κ3) is 2.99. The number of benzene rings is 1. The number of hydrogen-bond acceptors (Lipinski definition) is 3. The van der Waals surface area contributed by atoms with Crippen molar-refractivity contribution in [1.82, 2.24) is 15.3 Å². The number of nitrogens with one attached hydrogen (secondary N) is 2. The fraction of sp³-hybridized carbons (Fsp3) is 0.235. The second-order valence-electron chi connectivity index (χ2n) is 6.23. The highest BCUT2D eigenvalue weighted by molar-refractivity contribution is 7.80. The SMILES string of the molecule is CC(C)(C)NC(=S)Nc1cc2cccnc2c2cccnc12. The largest absolute Gasteiger partial charge is 0.358 e. The number of aromatic nitrogens is 2. The number of pyridine rings is 2. The van der Waals surface area contributed by atoms with Crippen molar-refractivity contribution in [1.29, 1.82) is 0 Å². The summed E-state index contributed by atoms with van der Waals surface area (Å²) in [5.41, 5.74) is 2.61. The predicted octanol–water partition coefficient (Wildman–Crippen LogP) is 3.87. The normalized spacial score (nSPS) is 11.6. The fourth-order valence-electron chi connectivity index (χ4n) is 2.38. The van der Waals surface area contributed by atoms with Crippen LogP contribution in [0.3, 0.4) is 0 Å². The van der Waals surface area contributed by atoms with Gasteiger partial charge in [0.25, 0.3) is 0 Å². The first-order valence-electron chi connectivity index (χ1n) is 7.16. The molecule has 112 valence electrons. The van der Waals surface area contributed by atoms with Gasteiger partial charge in [0, 0.05) is 28.7 Å². The Morgan fingerprint density at radius 1 is 1.05 bits per heavy atom. The van der Waals surface area contributed by atoms with Crippen LogP contribution in [0.2, 0.25) is 0 Å². The molecule has 2 heterocycles. The van der Waals surface area contributed by atoms with Crippen LogP contribution in [0.25, 0.3) is 21.8 Å². The van der Waals surface area contributed by atoms with Crippen LogP contribution in [-0.2, 0) is 0 Å². The summed E-state index contributed by atoms with van der Waals surface area (Å²) >= 11 is 5.40. The Hall–Kier alpha value is -2.27. The van der Waals surface area contributed by atoms with Crippen LogP contribution in [0.5, 0.6) is 0 Å². The maximum Gasteiger partial charge on any atom is 0.171 e. The quantitative estimate of drug-likeness (QED) is 0.528. The maximum atomic E-state index is 5.40. The molecular weight excluding hydrogens is 292 g/mol. The number of hydrogen-bond donors (Lipinski definition) is 2. The van der Waals surface area contributed by atoms with E-state index in [0.717, 1.165) is 27.5 Å². The summed E-state index contributed by atoms with van der Waals surface area (Å²) in [6.07, 6.45) is 3.58. The van der Waals surface area contributed by atoms with Gasteiger partial charge in [-0.25, -0.2) is 0 Å². The van der Waals surface area contributed by atoms with Gasteiger partial charge in [0.2, 0.25) is 0 Å². The van der Waals surface area contributed by atoms with Crippen LogP contribution in [-0.4, -0.2) is 20.6 Å². The molecule has 3 rings (SSSR count). The zero-order valence-electron chi connectivity index (χ0n) is 12.8. The molecular formula is C17H18N4S. The van der Waals surface area contributed by atoms with Gasteiger partial charge in [0.15, 0.2) is 5.11 Å². The minimum Gasteiger partial charge on any atom is -0.358 e. The van der Waals surface area contributed by atoms with Gasteiger partial charge in [-0.05, 0) is 57.3 Å². The first kappa shape index (κ1) is 14.7. The maximum absolute atomic E-state index is 5.40. The highest BCUT2D eigenvalue weighted by Crippen LogP contribution is 2.29. The molecule has 4 nitrogen and oxygen atoms in total. The summed E-state index contributed by atoms with van der Waals surface area (Å²) in [5.74, 6) is 0. The summed E-state index contributed by atoms with van der Waals surface area (Å²) in [6, 6.07) is 9.96. The van der Waals surface area contributed by atoms with Crippen LogP contribution in [0.4, 0.5) is 5.69 Å². The van der Waals surface area contributed by atoms with Crippen molar-refractivity contribution in [3.05, 3.63) is 42.7 Å². The molecule has 0 aliphatic rings. The zero-order chi connectivity index (χ0) is 15.7. The Morgan fingerprint density at radius 3 is 2.45 bits per heavy atom. The molecule has 0 atom stereocenters. The van der Waals surface area contributed by atoms with Gasteiger partial charge >= 0.3 is 0 Å². The Bertz CT molecular complexity index is 852. The fourth-order valence-corrected chi connectivity index (χ4v) is 2.80. The van der Waals surface area contributed by atoms with Crippen molar-refractivity contribution in [2.24, 2.45) is 0 Å². The monoisotopic (exact) mass is 310 g/mol. The van der Waals surface area contributed by atoms with Crippen LogP contribution >= 0.6 is 12.2 Å². The summed E-state index contributed by atoms with van der Waals surface area (Å²) in [4.78, 5) is 8.96. The Balaban J connectivity index is 2.10. The van der Waals surface area contributed by atoms with E-state index < -0.39 is 0 Å². The van der Waals surface area contributed by atoms with Crippen LogP contribution in [0.15, 0.2) is 42.7 Å². The Morgan fingerprint density at radius 2 is 1.73 bits per heavy atom. The standard InChI is InChI=1S/C17H18N4S/c1-17(2,3)21-16(22)20-13-10-11-6-4-8-18-14(11)12-7-5-9-19-15(12)13/h4-10H,1-3H3,(H2,20,21,22). The molecule has 0 aliphatic carbocycles. The van der Waals surface area contributed by atoms with Crippen LogP contribution in [0.1, 0.15) is 20.8 Å². The molecule has 0 bridgehead atoms. The van der Waals surface area contributed by atoms with Crippen molar-refractivity contribution in [3.63, 3.8) is 0 Å². The Kier molecular flexibility index (Phi) is 3.66. The van der Waals surface area contributed by atoms with Crippen molar-refractivity contribution < 1.29 is 0 Å². The zero-order valence-corrected chi connectivity index (χ0v) is 13.7. The minimum absolute atomic E-state index is 0.0915. The number of rotatable bonds is 1. The van der Waals surface area contributed by atoms with E-state index in [9.17, 15) is 0 Å². The Labute approximate surface area is 135 Å². The first-order chi connectivity index (χ1) is 10.4. The van der Waals surface area contributed by atoms with Crippen LogP contribution in [0, 0.1) is 0 Å². The number of fused-ring (bicyclic) bond motifs is 3. The highest BCUT2D eigenvalue weighted by atomic mass is 32.1. The van der Waals surface area contributed by atoms with Crippen LogP contribution < -0.4 is 10.6 Å². The molecule has 0 fully saturated rings. The average molecular weight is 310 g/mol. The van der Waals surface area contributed by atoms with E-state index in [4.69, 9.17) is 12.2 Å². The second kappa shape index (κ2) is 5.50. The van der Waals surface area contributed by atoms with Crippen molar-refractivity contribution in [2.75, 3.05) is 5.32 Å². The van der Waals surface area contributed by atoms with Crippen molar-refractivity contribution >= 4 is 44.8 Å². The van der Waals surface area contributed by atoms with Crippen molar-refractivity contribution in [2.45, 2.75) is 26.3 Å². The average Bonchev–Trinajstić information content (AvgIpc) is 2.45. The minimum atomic E-state index is -0.0915. The van der Waals surface area contributed by atoms with Crippen molar-refractivity contribution in [3.8, 4) is 0 Å². The molecule has 0 amide bonds. The smallest absolute Gasteiger partial charge is 0.171 e. The molecule has 0 saturated heterocycles. The van der Waals surface area contributed by atoms with Gasteiger partial charge < -0.3 is 10.6 Å². The molecule has 22 heavy (non-hydrogen) atoms. The molecule has 0 radical (unpaired) electrons. The summed E-state index contributed by atoms with van der Waals surface area (Å²) in [6.45, 7) is 6.21. The molecule has 1 aromatic carbocycles. The van der Waals surface area contributed by atoms with E-state index >= 15 is 0 Å². The van der Waals surface area contributed by atoms with Gasteiger partial charge in [-0.3, -0.25) is 9.97 Å². The first-order valence-corrected chi connectivity index (χ1v) is 7.56. The molecule has 2 N–H and O–H groups in total. The van der Waals surface area contributed by atoms with Gasteiger partial charge in [-0.2, -0.15) is 0 Å². The van der Waals surface area contributed by atoms with E-state index in [-0.39, 0.29) is 5.54 Å². The lowest BCUT2D eigenvalue weighted by Gasteiger charge is -2.23. The van der Waals surface area contributed by atoms with E-state index in [1.807, 2.05) is 30.3 Å². The lowest BCUT2D eigenvalue weighted by Crippen LogP contribution is -2.42. The highest BCUT2D eigenvalue weighted by Gasteiger charge is 2.13. The third-order valence-corrected chi connectivity index (χ3v) is 3.40. The summed E-state index contributed by atoms with van der Waals surface area (Å²) < 4.78 is 0. The van der Waals surface area contributed by atoms with Gasteiger partial charge in [0.05, 0.1) is 16.7 Å². The van der Waals surface area contributed by atoms with Gasteiger partial charge in [0.1, 0.15) is 0 Å². The molecule has 0 aliphatic heterocycles. The summed E-state index contributed by atoms with van der Waals surface area (Å²) in [7, 11) is 0. The molecule has 0 saturated carbocycles.